The van der Waals surface area contributed by atoms with Crippen LogP contribution in [0, 0.1) is 0 Å². The summed E-state index contributed by atoms with van der Waals surface area (Å²) in [4.78, 5) is 10.0. The highest BCUT2D eigenvalue weighted by Gasteiger charge is 1.99. The van der Waals surface area contributed by atoms with Crippen LogP contribution in [0.2, 0.25) is 0 Å². The number of carbonyl (C=O) groups is 1. The Labute approximate surface area is 42.9 Å². The molecule has 0 saturated carbocycles. The quantitative estimate of drug-likeness (QED) is 0.460. The first-order valence-electron chi connectivity index (χ1n) is 1.75. The highest BCUT2D eigenvalue weighted by atomic mass is 16.5. The number of hydrogen-bond donors (Lipinski definition) is 0. The SMILES string of the molecule is CO[B]C(=O)OC. The van der Waals surface area contributed by atoms with Crippen LogP contribution in [0.3, 0.4) is 0 Å². The van der Waals surface area contributed by atoms with Crippen molar-refractivity contribution in [3.05, 3.63) is 0 Å². The lowest BCUT2D eigenvalue weighted by Gasteiger charge is -1.90. The summed E-state index contributed by atoms with van der Waals surface area (Å²) in [5.41, 5.74) is 0. The standard InChI is InChI=1S/C3H6BO3/c1-6-3(5)4-7-2/h1-2H3. The van der Waals surface area contributed by atoms with Crippen molar-refractivity contribution in [3.8, 4) is 0 Å². The first-order chi connectivity index (χ1) is 3.31. The third-order valence-corrected chi connectivity index (χ3v) is 0.415. The van der Waals surface area contributed by atoms with Crippen molar-refractivity contribution in [2.24, 2.45) is 0 Å². The molecule has 0 saturated heterocycles. The van der Waals surface area contributed by atoms with Gasteiger partial charge in [-0.15, -0.1) is 0 Å². The molecule has 0 N–H and O–H groups in total. The van der Waals surface area contributed by atoms with E-state index in [-0.39, 0.29) is 0 Å². The molecule has 0 aromatic rings. The largest absolute Gasteiger partial charge is 0.475 e. The molecule has 39 valence electrons. The number of carbonyl (C=O) groups excluding carboxylic acids is 1. The molecule has 0 aliphatic carbocycles. The van der Waals surface area contributed by atoms with Gasteiger partial charge < -0.3 is 9.39 Å². The van der Waals surface area contributed by atoms with Crippen molar-refractivity contribution in [1.82, 2.24) is 0 Å². The zero-order valence-electron chi connectivity index (χ0n) is 4.30. The highest BCUT2D eigenvalue weighted by molar-refractivity contribution is 6.66. The summed E-state index contributed by atoms with van der Waals surface area (Å²) >= 11 is 0. The minimum atomic E-state index is -0.470. The topological polar surface area (TPSA) is 35.5 Å². The summed E-state index contributed by atoms with van der Waals surface area (Å²) in [5, 5.41) is 0. The van der Waals surface area contributed by atoms with E-state index < -0.39 is 5.87 Å². The number of ether oxygens (including phenoxy) is 1. The third kappa shape index (κ3) is 3.32. The fourth-order valence-corrected chi connectivity index (χ4v) is 0.144. The van der Waals surface area contributed by atoms with Crippen LogP contribution in [-0.2, 0) is 9.39 Å². The van der Waals surface area contributed by atoms with Crippen LogP contribution in [0.15, 0.2) is 0 Å². The molecule has 0 bridgehead atoms. The number of methoxy groups -OCH3 is 1. The maximum absolute atomic E-state index is 10.0. The van der Waals surface area contributed by atoms with E-state index in [9.17, 15) is 4.79 Å². The molecule has 0 spiro atoms. The van der Waals surface area contributed by atoms with E-state index >= 15 is 0 Å². The molecule has 0 amide bonds. The summed E-state index contributed by atoms with van der Waals surface area (Å²) < 4.78 is 8.47. The molecule has 0 aromatic heterocycles. The summed E-state index contributed by atoms with van der Waals surface area (Å²) in [6.45, 7) is 0. The van der Waals surface area contributed by atoms with E-state index in [0.29, 0.717) is 0 Å². The molecular formula is C3H6BO3. The molecule has 3 nitrogen and oxygen atoms in total. The second kappa shape index (κ2) is 3.68. The molecule has 0 aliphatic rings. The molecule has 0 rings (SSSR count). The van der Waals surface area contributed by atoms with Gasteiger partial charge in [-0.2, -0.15) is 0 Å². The van der Waals surface area contributed by atoms with Crippen LogP contribution < -0.4 is 0 Å². The molecule has 0 aromatic carbocycles. The van der Waals surface area contributed by atoms with Gasteiger partial charge in [0.1, 0.15) is 0 Å². The van der Waals surface area contributed by atoms with E-state index in [1.165, 1.54) is 14.2 Å². The number of hydrogen-bond acceptors (Lipinski definition) is 3. The zero-order valence-corrected chi connectivity index (χ0v) is 4.30. The van der Waals surface area contributed by atoms with Crippen LogP contribution in [0.5, 0.6) is 0 Å². The smallest absolute Gasteiger partial charge is 0.435 e. The predicted octanol–water partition coefficient (Wildman–Crippen LogP) is 0.0184. The van der Waals surface area contributed by atoms with E-state index in [2.05, 4.69) is 9.39 Å². The molecular weight excluding hydrogens is 94.8 g/mol. The molecule has 0 aliphatic heterocycles. The Morgan fingerprint density at radius 3 is 2.29 bits per heavy atom. The Hall–Kier alpha value is -0.505. The second-order valence-corrected chi connectivity index (χ2v) is 0.877. The van der Waals surface area contributed by atoms with Crippen molar-refractivity contribution >= 4 is 13.4 Å². The second-order valence-electron chi connectivity index (χ2n) is 0.877. The molecule has 7 heavy (non-hydrogen) atoms. The minimum Gasteiger partial charge on any atom is -0.475 e. The van der Waals surface area contributed by atoms with Gasteiger partial charge in [0.05, 0.1) is 7.11 Å². The van der Waals surface area contributed by atoms with E-state index in [1.807, 2.05) is 0 Å². The Balaban J connectivity index is 3.00. The lowest BCUT2D eigenvalue weighted by molar-refractivity contribution is 0.193. The van der Waals surface area contributed by atoms with E-state index in [4.69, 9.17) is 0 Å². The normalized spacial score (nSPS) is 7.71. The summed E-state index contributed by atoms with van der Waals surface area (Å²) in [5.74, 6) is -0.470. The van der Waals surface area contributed by atoms with Crippen molar-refractivity contribution in [1.29, 1.82) is 0 Å². The fourth-order valence-electron chi connectivity index (χ4n) is 0.144. The average Bonchev–Trinajstić information content (AvgIpc) is 1.68. The number of rotatable bonds is 2. The predicted molar refractivity (Wildman–Crippen MR) is 25.2 cm³/mol. The maximum atomic E-state index is 10.0. The van der Waals surface area contributed by atoms with Gasteiger partial charge in [-0.1, -0.05) is 0 Å². The van der Waals surface area contributed by atoms with Crippen molar-refractivity contribution in [3.63, 3.8) is 0 Å². The molecule has 4 heteroatoms. The van der Waals surface area contributed by atoms with Gasteiger partial charge in [0, 0.05) is 7.11 Å². The first-order valence-corrected chi connectivity index (χ1v) is 1.75. The van der Waals surface area contributed by atoms with Crippen LogP contribution in [0.4, 0.5) is 4.79 Å². The van der Waals surface area contributed by atoms with Crippen molar-refractivity contribution in [2.45, 2.75) is 0 Å². The Bertz CT molecular complexity index is 63.2. The Morgan fingerprint density at radius 2 is 2.14 bits per heavy atom. The fraction of sp³-hybridized carbons (Fsp3) is 0.667. The van der Waals surface area contributed by atoms with Gasteiger partial charge in [-0.3, -0.25) is 4.79 Å². The average molecular weight is 101 g/mol. The van der Waals surface area contributed by atoms with Crippen LogP contribution in [0.25, 0.3) is 0 Å². The van der Waals surface area contributed by atoms with Crippen molar-refractivity contribution in [2.75, 3.05) is 14.2 Å². The summed E-state index contributed by atoms with van der Waals surface area (Å²) in [6, 6.07) is 0. The molecule has 1 radical (unpaired) electrons. The minimum absolute atomic E-state index is 0.470. The van der Waals surface area contributed by atoms with Gasteiger partial charge in [0.2, 0.25) is 0 Å². The van der Waals surface area contributed by atoms with Gasteiger partial charge in [-0.25, -0.2) is 0 Å². The third-order valence-electron chi connectivity index (χ3n) is 0.415. The lowest BCUT2D eigenvalue weighted by atomic mass is 10.0. The zero-order chi connectivity index (χ0) is 5.70. The van der Waals surface area contributed by atoms with Gasteiger partial charge in [0.15, 0.2) is 0 Å². The Kier molecular flexibility index (Phi) is 3.41. The van der Waals surface area contributed by atoms with E-state index in [0.717, 1.165) is 7.48 Å². The highest BCUT2D eigenvalue weighted by Crippen LogP contribution is 1.71. The molecule has 0 fully saturated rings. The molecule has 0 atom stereocenters. The van der Waals surface area contributed by atoms with Crippen LogP contribution in [0.1, 0.15) is 0 Å². The first kappa shape index (κ1) is 6.49. The summed E-state index contributed by atoms with van der Waals surface area (Å²) in [6.07, 6.45) is 0. The van der Waals surface area contributed by atoms with Gasteiger partial charge in [0.25, 0.3) is 5.87 Å². The molecule has 0 heterocycles. The summed E-state index contributed by atoms with van der Waals surface area (Å²) in [7, 11) is 3.66. The van der Waals surface area contributed by atoms with Gasteiger partial charge >= 0.3 is 7.48 Å². The maximum Gasteiger partial charge on any atom is 0.435 e. The lowest BCUT2D eigenvalue weighted by Crippen LogP contribution is -2.09. The van der Waals surface area contributed by atoms with E-state index in [1.54, 1.807) is 0 Å². The van der Waals surface area contributed by atoms with Crippen LogP contribution >= 0.6 is 0 Å². The van der Waals surface area contributed by atoms with Gasteiger partial charge in [-0.05, 0) is 0 Å². The van der Waals surface area contributed by atoms with Crippen LogP contribution in [-0.4, -0.2) is 27.6 Å². The Morgan fingerprint density at radius 1 is 1.57 bits per heavy atom. The molecule has 0 unspecified atom stereocenters. The monoisotopic (exact) mass is 101 g/mol. The van der Waals surface area contributed by atoms with Crippen molar-refractivity contribution < 1.29 is 14.2 Å².